The molecule has 0 atom stereocenters. The van der Waals surface area contributed by atoms with Crippen molar-refractivity contribution >= 4 is 6.29 Å². The quantitative estimate of drug-likeness (QED) is 0.769. The highest BCUT2D eigenvalue weighted by atomic mass is 19.4. The maximum atomic E-state index is 13.7. The maximum Gasteiger partial charge on any atom is 0.405 e. The minimum Gasteiger partial charge on any atom is -0.332 e. The maximum absolute atomic E-state index is 13.7. The summed E-state index contributed by atoms with van der Waals surface area (Å²) >= 11 is 0. The summed E-state index contributed by atoms with van der Waals surface area (Å²) in [6, 6.07) is 6.03. The van der Waals surface area contributed by atoms with Crippen molar-refractivity contribution in [3.63, 3.8) is 0 Å². The van der Waals surface area contributed by atoms with Crippen LogP contribution in [-0.2, 0) is 16.9 Å². The second kappa shape index (κ2) is 3.76. The van der Waals surface area contributed by atoms with Gasteiger partial charge < -0.3 is 13.9 Å². The lowest BCUT2D eigenvalue weighted by Gasteiger charge is -2.39. The Hall–Kier alpha value is -1.98. The molecule has 1 aliphatic rings. The monoisotopic (exact) mass is 268 g/mol. The molecule has 0 spiro atoms. The van der Waals surface area contributed by atoms with E-state index in [9.17, 15) is 18.0 Å². The molecule has 3 nitrogen and oxygen atoms in total. The van der Waals surface area contributed by atoms with Crippen LogP contribution in [0.5, 0.6) is 0 Å². The van der Waals surface area contributed by atoms with Crippen LogP contribution in [0, 0.1) is 0 Å². The van der Waals surface area contributed by atoms with E-state index in [1.165, 1.54) is 21.3 Å². The van der Waals surface area contributed by atoms with Crippen LogP contribution in [-0.4, -0.2) is 21.6 Å². The molecule has 0 unspecified atom stereocenters. The van der Waals surface area contributed by atoms with Gasteiger partial charge in [0.2, 0.25) is 0 Å². The highest BCUT2D eigenvalue weighted by Gasteiger charge is 2.60. The Labute approximate surface area is 107 Å². The third-order valence-corrected chi connectivity index (χ3v) is 3.71. The Morgan fingerprint density at radius 2 is 1.68 bits per heavy atom. The molecule has 100 valence electrons. The second-order valence-corrected chi connectivity index (χ2v) is 4.64. The zero-order valence-corrected chi connectivity index (χ0v) is 9.89. The first-order valence-corrected chi connectivity index (χ1v) is 5.82. The van der Waals surface area contributed by atoms with Crippen molar-refractivity contribution in [1.82, 2.24) is 9.13 Å². The average Bonchev–Trinajstić information content (AvgIpc) is 2.94. The normalized spacial score (nSPS) is 16.8. The van der Waals surface area contributed by atoms with E-state index in [2.05, 4.69) is 0 Å². The fourth-order valence-electron chi connectivity index (χ4n) is 2.89. The molecule has 0 aromatic carbocycles. The van der Waals surface area contributed by atoms with Gasteiger partial charge in [0, 0.05) is 30.2 Å². The van der Waals surface area contributed by atoms with Crippen molar-refractivity contribution in [1.29, 1.82) is 0 Å². The molecule has 1 aliphatic heterocycles. The molecule has 3 heterocycles. The SMILES string of the molecule is O=CCC1(C(F)(F)F)c2cccn2Cn2cccc21. The molecule has 19 heavy (non-hydrogen) atoms. The highest BCUT2D eigenvalue weighted by Crippen LogP contribution is 2.50. The number of carbonyl (C=O) groups excluding carboxylic acids is 1. The van der Waals surface area contributed by atoms with E-state index >= 15 is 0 Å². The van der Waals surface area contributed by atoms with Crippen molar-refractivity contribution in [2.45, 2.75) is 24.7 Å². The summed E-state index contributed by atoms with van der Waals surface area (Å²) in [6.45, 7) is 0.335. The summed E-state index contributed by atoms with van der Waals surface area (Å²) in [5.41, 5.74) is -2.00. The first-order valence-electron chi connectivity index (χ1n) is 5.82. The Balaban J connectivity index is 2.34. The van der Waals surface area contributed by atoms with Crippen molar-refractivity contribution in [3.05, 3.63) is 48.0 Å². The number of nitrogens with zero attached hydrogens (tertiary/aromatic N) is 2. The summed E-state index contributed by atoms with van der Waals surface area (Å²) in [4.78, 5) is 10.9. The Kier molecular flexibility index (Phi) is 2.39. The summed E-state index contributed by atoms with van der Waals surface area (Å²) in [5.74, 6) is 0. The standard InChI is InChI=1S/C13H11F3N2O/c14-13(15,16)12(5-8-19)10-3-1-6-17(10)9-18-7-2-4-11(12)18/h1-4,6-8H,5,9H2. The largest absolute Gasteiger partial charge is 0.405 e. The lowest BCUT2D eigenvalue weighted by Crippen LogP contribution is -2.49. The molecule has 2 aromatic heterocycles. The predicted octanol–water partition coefficient (Wildman–Crippen LogP) is 2.55. The van der Waals surface area contributed by atoms with E-state index in [1.807, 2.05) is 0 Å². The lowest BCUT2D eigenvalue weighted by atomic mass is 9.76. The number of alkyl halides is 3. The molecule has 0 bridgehead atoms. The Bertz CT molecular complexity index is 584. The van der Waals surface area contributed by atoms with Crippen LogP contribution in [0.1, 0.15) is 17.8 Å². The fraction of sp³-hybridized carbons (Fsp3) is 0.308. The number of hydrogen-bond acceptors (Lipinski definition) is 1. The molecule has 0 radical (unpaired) electrons. The van der Waals surface area contributed by atoms with Crippen LogP contribution in [0.2, 0.25) is 0 Å². The summed E-state index contributed by atoms with van der Waals surface area (Å²) < 4.78 is 44.2. The van der Waals surface area contributed by atoms with Gasteiger partial charge in [0.05, 0.1) is 6.67 Å². The topological polar surface area (TPSA) is 26.9 Å². The molecule has 0 saturated heterocycles. The van der Waals surface area contributed by atoms with E-state index in [-0.39, 0.29) is 11.4 Å². The predicted molar refractivity (Wildman–Crippen MR) is 61.8 cm³/mol. The number of rotatable bonds is 2. The van der Waals surface area contributed by atoms with Gasteiger partial charge in [-0.3, -0.25) is 0 Å². The molecule has 0 saturated carbocycles. The summed E-state index contributed by atoms with van der Waals surface area (Å²) in [6.07, 6.45) is -1.59. The summed E-state index contributed by atoms with van der Waals surface area (Å²) in [7, 11) is 0. The first-order chi connectivity index (χ1) is 9.00. The fourth-order valence-corrected chi connectivity index (χ4v) is 2.89. The van der Waals surface area contributed by atoms with E-state index < -0.39 is 18.0 Å². The molecule has 0 amide bonds. The lowest BCUT2D eigenvalue weighted by molar-refractivity contribution is -0.185. The molecule has 2 aromatic rings. The Morgan fingerprint density at radius 3 is 2.11 bits per heavy atom. The van der Waals surface area contributed by atoms with E-state index in [1.54, 1.807) is 24.5 Å². The van der Waals surface area contributed by atoms with Crippen LogP contribution >= 0.6 is 0 Å². The van der Waals surface area contributed by atoms with Gasteiger partial charge in [0.1, 0.15) is 6.29 Å². The van der Waals surface area contributed by atoms with Gasteiger partial charge >= 0.3 is 6.18 Å². The molecule has 0 aliphatic carbocycles. The van der Waals surface area contributed by atoms with Crippen LogP contribution in [0.3, 0.4) is 0 Å². The smallest absolute Gasteiger partial charge is 0.332 e. The van der Waals surface area contributed by atoms with Gasteiger partial charge in [-0.25, -0.2) is 0 Å². The Morgan fingerprint density at radius 1 is 1.16 bits per heavy atom. The molecule has 0 fully saturated rings. The van der Waals surface area contributed by atoms with Gasteiger partial charge in [-0.15, -0.1) is 0 Å². The third kappa shape index (κ3) is 1.42. The molecular formula is C13H11F3N2O. The average molecular weight is 268 g/mol. The minimum absolute atomic E-state index is 0.123. The van der Waals surface area contributed by atoms with Crippen molar-refractivity contribution in [2.75, 3.05) is 0 Å². The number of fused-ring (bicyclic) bond motifs is 2. The molecule has 6 heteroatoms. The number of halogens is 3. The van der Waals surface area contributed by atoms with Crippen LogP contribution in [0.15, 0.2) is 36.7 Å². The number of hydrogen-bond donors (Lipinski definition) is 0. The van der Waals surface area contributed by atoms with Gasteiger partial charge in [-0.2, -0.15) is 13.2 Å². The molecule has 0 N–H and O–H groups in total. The van der Waals surface area contributed by atoms with Gasteiger partial charge in [-0.1, -0.05) is 0 Å². The number of aromatic nitrogens is 2. The second-order valence-electron chi connectivity index (χ2n) is 4.64. The number of carbonyl (C=O) groups is 1. The highest BCUT2D eigenvalue weighted by molar-refractivity contribution is 5.57. The van der Waals surface area contributed by atoms with Gasteiger partial charge in [0.15, 0.2) is 5.41 Å². The number of aldehydes is 1. The molecular weight excluding hydrogens is 257 g/mol. The van der Waals surface area contributed by atoms with Gasteiger partial charge in [0.25, 0.3) is 0 Å². The van der Waals surface area contributed by atoms with Crippen LogP contribution in [0.4, 0.5) is 13.2 Å². The van der Waals surface area contributed by atoms with Crippen LogP contribution in [0.25, 0.3) is 0 Å². The van der Waals surface area contributed by atoms with Crippen LogP contribution < -0.4 is 0 Å². The van der Waals surface area contributed by atoms with Crippen molar-refractivity contribution in [2.24, 2.45) is 0 Å². The van der Waals surface area contributed by atoms with Gasteiger partial charge in [-0.05, 0) is 24.3 Å². The van der Waals surface area contributed by atoms with E-state index in [0.717, 1.165) is 0 Å². The van der Waals surface area contributed by atoms with Crippen molar-refractivity contribution in [3.8, 4) is 0 Å². The van der Waals surface area contributed by atoms with E-state index in [4.69, 9.17) is 0 Å². The van der Waals surface area contributed by atoms with Crippen molar-refractivity contribution < 1.29 is 18.0 Å². The third-order valence-electron chi connectivity index (χ3n) is 3.71. The first kappa shape index (κ1) is 12.1. The zero-order valence-electron chi connectivity index (χ0n) is 9.89. The summed E-state index contributed by atoms with van der Waals surface area (Å²) in [5, 5.41) is 0. The molecule has 3 rings (SSSR count). The zero-order chi connectivity index (χ0) is 13.7. The van der Waals surface area contributed by atoms with E-state index in [0.29, 0.717) is 13.0 Å². The minimum atomic E-state index is -4.53.